The van der Waals surface area contributed by atoms with E-state index in [1.807, 2.05) is 0 Å². The van der Waals surface area contributed by atoms with E-state index in [-0.39, 0.29) is 0 Å². The summed E-state index contributed by atoms with van der Waals surface area (Å²) in [5.41, 5.74) is 0. The third-order valence-electron chi connectivity index (χ3n) is 1.08. The summed E-state index contributed by atoms with van der Waals surface area (Å²) in [6.07, 6.45) is 1.37. The van der Waals surface area contributed by atoms with Crippen LogP contribution in [0.2, 0.25) is 6.04 Å². The molecular weight excluding hydrogens is 114 g/mol. The maximum atomic E-state index is 3.37. The second-order valence-electron chi connectivity index (χ2n) is 2.46. The van der Waals surface area contributed by atoms with Crippen molar-refractivity contribution in [1.29, 1.82) is 0 Å². The Kier molecular flexibility index (Phi) is 5.43. The quantitative estimate of drug-likeness (QED) is 0.423. The van der Waals surface area contributed by atoms with Gasteiger partial charge in [0.15, 0.2) is 0 Å². The zero-order valence-electron chi connectivity index (χ0n) is 6.20. The van der Waals surface area contributed by atoms with Gasteiger partial charge in [-0.15, -0.1) is 0 Å². The molecule has 0 aromatic rings. The van der Waals surface area contributed by atoms with Crippen LogP contribution >= 0.6 is 0 Å². The van der Waals surface area contributed by atoms with Crippen LogP contribution in [0.5, 0.6) is 0 Å². The van der Waals surface area contributed by atoms with E-state index in [0.717, 1.165) is 0 Å². The molecule has 0 aliphatic heterocycles. The van der Waals surface area contributed by atoms with Crippen LogP contribution < -0.4 is 5.32 Å². The summed E-state index contributed by atoms with van der Waals surface area (Å²) in [6.45, 7) is 5.58. The third-order valence-corrected chi connectivity index (χ3v) is 1.79. The van der Waals surface area contributed by atoms with Gasteiger partial charge in [-0.1, -0.05) is 19.9 Å². The van der Waals surface area contributed by atoms with E-state index in [4.69, 9.17) is 0 Å². The monoisotopic (exact) mass is 131 g/mol. The van der Waals surface area contributed by atoms with E-state index >= 15 is 0 Å². The Morgan fingerprint density at radius 1 is 1.50 bits per heavy atom. The Labute approximate surface area is 55.3 Å². The molecule has 0 atom stereocenters. The van der Waals surface area contributed by atoms with E-state index in [1.54, 1.807) is 0 Å². The Balaban J connectivity index is 2.72. The number of nitrogens with one attached hydrogen (secondary N) is 1. The second-order valence-corrected chi connectivity index (χ2v) is 3.46. The van der Waals surface area contributed by atoms with Gasteiger partial charge in [-0.3, -0.25) is 0 Å². The molecule has 0 fully saturated rings. The first kappa shape index (κ1) is 8.18. The molecule has 0 aliphatic rings. The predicted molar refractivity (Wildman–Crippen MR) is 42.5 cm³/mol. The minimum Gasteiger partial charge on any atom is -0.315 e. The molecule has 0 amide bonds. The van der Waals surface area contributed by atoms with Crippen molar-refractivity contribution in [3.63, 3.8) is 0 Å². The van der Waals surface area contributed by atoms with Gasteiger partial charge in [-0.2, -0.15) is 0 Å². The lowest BCUT2D eigenvalue weighted by atomic mass is 10.4. The van der Waals surface area contributed by atoms with Crippen molar-refractivity contribution in [2.45, 2.75) is 32.4 Å². The molecule has 2 heteroatoms. The standard InChI is InChI=1S/C6H17NSi/c1-6(2)7-4-3-5-8/h6-7H,3-5H2,1-2,8H3. The fourth-order valence-electron chi connectivity index (χ4n) is 0.568. The molecule has 0 saturated carbocycles. The molecule has 0 aromatic carbocycles. The smallest absolute Gasteiger partial charge is 0.00286 e. The van der Waals surface area contributed by atoms with E-state index in [1.165, 1.54) is 29.3 Å². The molecular formula is C6H17NSi. The minimum absolute atomic E-state index is 0.670. The van der Waals surface area contributed by atoms with E-state index in [2.05, 4.69) is 19.2 Å². The molecule has 8 heavy (non-hydrogen) atoms. The first-order valence-corrected chi connectivity index (χ1v) is 4.92. The van der Waals surface area contributed by atoms with Gasteiger partial charge in [0.2, 0.25) is 0 Å². The molecule has 0 aliphatic carbocycles. The molecule has 0 heterocycles. The van der Waals surface area contributed by atoms with Crippen molar-refractivity contribution in [2.75, 3.05) is 6.54 Å². The van der Waals surface area contributed by atoms with Crippen LogP contribution in [0.15, 0.2) is 0 Å². The molecule has 0 unspecified atom stereocenters. The Morgan fingerprint density at radius 2 is 2.12 bits per heavy atom. The fraction of sp³-hybridized carbons (Fsp3) is 1.00. The van der Waals surface area contributed by atoms with Gasteiger partial charge in [0.1, 0.15) is 0 Å². The molecule has 0 rings (SSSR count). The van der Waals surface area contributed by atoms with Crippen LogP contribution in [0.3, 0.4) is 0 Å². The van der Waals surface area contributed by atoms with E-state index in [0.29, 0.717) is 6.04 Å². The zero-order chi connectivity index (χ0) is 6.41. The summed E-state index contributed by atoms with van der Waals surface area (Å²) >= 11 is 0. The van der Waals surface area contributed by atoms with Gasteiger partial charge in [0, 0.05) is 16.3 Å². The van der Waals surface area contributed by atoms with Gasteiger partial charge in [-0.25, -0.2) is 0 Å². The van der Waals surface area contributed by atoms with Crippen LogP contribution in [0.4, 0.5) is 0 Å². The summed E-state index contributed by atoms with van der Waals surface area (Å²) in [6, 6.07) is 2.10. The van der Waals surface area contributed by atoms with Crippen molar-refractivity contribution in [3.05, 3.63) is 0 Å². The van der Waals surface area contributed by atoms with Crippen LogP contribution in [-0.2, 0) is 0 Å². The van der Waals surface area contributed by atoms with Gasteiger partial charge >= 0.3 is 0 Å². The Bertz CT molecular complexity index is 45.8. The first-order valence-electron chi connectivity index (χ1n) is 3.50. The third kappa shape index (κ3) is 6.18. The number of hydrogen-bond acceptors (Lipinski definition) is 1. The van der Waals surface area contributed by atoms with E-state index < -0.39 is 0 Å². The molecule has 50 valence electrons. The molecule has 0 radical (unpaired) electrons. The molecule has 0 saturated heterocycles. The van der Waals surface area contributed by atoms with E-state index in [9.17, 15) is 0 Å². The maximum absolute atomic E-state index is 3.37. The highest BCUT2D eigenvalue weighted by Gasteiger charge is 1.87. The lowest BCUT2D eigenvalue weighted by Crippen LogP contribution is -2.23. The van der Waals surface area contributed by atoms with Gasteiger partial charge in [0.05, 0.1) is 0 Å². The van der Waals surface area contributed by atoms with Gasteiger partial charge < -0.3 is 5.32 Å². The van der Waals surface area contributed by atoms with Crippen molar-refractivity contribution in [1.82, 2.24) is 5.32 Å². The fourth-order valence-corrected chi connectivity index (χ4v) is 0.921. The molecule has 1 N–H and O–H groups in total. The van der Waals surface area contributed by atoms with Crippen LogP contribution in [0.1, 0.15) is 20.3 Å². The SMILES string of the molecule is CC(C)NCCC[SiH3]. The highest BCUT2D eigenvalue weighted by molar-refractivity contribution is 6.08. The highest BCUT2D eigenvalue weighted by atomic mass is 28.1. The Hall–Kier alpha value is 0.177. The lowest BCUT2D eigenvalue weighted by Gasteiger charge is -2.05. The lowest BCUT2D eigenvalue weighted by molar-refractivity contribution is 0.584. The summed E-state index contributed by atoms with van der Waals surface area (Å²) in [7, 11) is 1.36. The molecule has 1 nitrogen and oxygen atoms in total. The van der Waals surface area contributed by atoms with Crippen LogP contribution in [0.25, 0.3) is 0 Å². The first-order chi connectivity index (χ1) is 3.77. The average molecular weight is 131 g/mol. The molecule has 0 aromatic heterocycles. The normalized spacial score (nSPS) is 10.9. The number of hydrogen-bond donors (Lipinski definition) is 1. The largest absolute Gasteiger partial charge is 0.315 e. The Morgan fingerprint density at radius 3 is 2.50 bits per heavy atom. The van der Waals surface area contributed by atoms with Crippen LogP contribution in [-0.4, -0.2) is 22.8 Å². The second kappa shape index (κ2) is 5.32. The van der Waals surface area contributed by atoms with Crippen molar-refractivity contribution in [3.8, 4) is 0 Å². The van der Waals surface area contributed by atoms with Crippen LogP contribution in [0, 0.1) is 0 Å². The van der Waals surface area contributed by atoms with Gasteiger partial charge in [0.25, 0.3) is 0 Å². The highest BCUT2D eigenvalue weighted by Crippen LogP contribution is 1.82. The van der Waals surface area contributed by atoms with Crippen molar-refractivity contribution < 1.29 is 0 Å². The van der Waals surface area contributed by atoms with Gasteiger partial charge in [-0.05, 0) is 13.0 Å². The average Bonchev–Trinajstić information content (AvgIpc) is 1.66. The minimum atomic E-state index is 0.670. The topological polar surface area (TPSA) is 12.0 Å². The summed E-state index contributed by atoms with van der Waals surface area (Å²) in [5, 5.41) is 3.37. The number of rotatable bonds is 4. The maximum Gasteiger partial charge on any atom is 0.00286 e. The summed E-state index contributed by atoms with van der Waals surface area (Å²) < 4.78 is 0. The summed E-state index contributed by atoms with van der Waals surface area (Å²) in [4.78, 5) is 0. The van der Waals surface area contributed by atoms with Crippen molar-refractivity contribution >= 4 is 10.2 Å². The molecule has 0 bridgehead atoms. The predicted octanol–water partition coefficient (Wildman–Crippen LogP) is 0.158. The van der Waals surface area contributed by atoms with Crippen molar-refractivity contribution in [2.24, 2.45) is 0 Å². The molecule has 0 spiro atoms. The zero-order valence-corrected chi connectivity index (χ0v) is 8.20. The summed E-state index contributed by atoms with van der Waals surface area (Å²) in [5.74, 6) is 0.